The van der Waals surface area contributed by atoms with Crippen LogP contribution in [0.4, 0.5) is 5.82 Å². The summed E-state index contributed by atoms with van der Waals surface area (Å²) in [4.78, 5) is 30.4. The molecule has 0 unspecified atom stereocenters. The molecule has 0 saturated carbocycles. The topological polar surface area (TPSA) is 121 Å². The normalized spacial score (nSPS) is 17.9. The second-order valence-corrected chi connectivity index (χ2v) is 10.3. The molecule has 1 saturated heterocycles. The Bertz CT molecular complexity index is 1190. The van der Waals surface area contributed by atoms with Gasteiger partial charge in [0.15, 0.2) is 0 Å². The number of nitrogens with one attached hydrogen (secondary N) is 1. The van der Waals surface area contributed by atoms with E-state index in [1.165, 1.54) is 11.5 Å². The van der Waals surface area contributed by atoms with Gasteiger partial charge in [-0.25, -0.2) is 4.98 Å². The number of furan rings is 1. The number of hydrogen-bond donors (Lipinski definition) is 3. The molecule has 0 aliphatic carbocycles. The quantitative estimate of drug-likeness (QED) is 0.563. The largest absolute Gasteiger partial charge is 0.459 e. The third-order valence-corrected chi connectivity index (χ3v) is 7.11. The van der Waals surface area contributed by atoms with Gasteiger partial charge in [0.25, 0.3) is 5.56 Å². The molecule has 1 amide bonds. The van der Waals surface area contributed by atoms with Crippen LogP contribution in [0.2, 0.25) is 0 Å². The van der Waals surface area contributed by atoms with Crippen LogP contribution in [-0.4, -0.2) is 54.1 Å². The van der Waals surface area contributed by atoms with Crippen LogP contribution >= 0.6 is 10.6 Å². The van der Waals surface area contributed by atoms with Crippen molar-refractivity contribution in [2.24, 2.45) is 7.05 Å². The van der Waals surface area contributed by atoms with Crippen LogP contribution in [0.5, 0.6) is 0 Å². The minimum atomic E-state index is -2.50. The maximum atomic E-state index is 12.7. The van der Waals surface area contributed by atoms with E-state index in [4.69, 9.17) is 4.42 Å². The molecule has 1 aliphatic heterocycles. The number of amides is 1. The first-order chi connectivity index (χ1) is 14.7. The zero-order chi connectivity index (χ0) is 22.2. The maximum Gasteiger partial charge on any atom is 0.261 e. The second kappa shape index (κ2) is 8.46. The zero-order valence-electron chi connectivity index (χ0n) is 17.5. The number of pyridine rings is 2. The standard InChI is InChI=1S/C21H26N4O5S/c1-14(26)23-19-10-15(4-5-22-19)18-13-24(2)21(27)17-11-16(30-20(17)18)12-25-6-3-8-31(28,29)9-7-25/h4-5,10-11,13,28-29H,3,6-9,12H2,1-2H3,(H,22,23,26). The molecule has 3 aromatic rings. The van der Waals surface area contributed by atoms with Gasteiger partial charge >= 0.3 is 0 Å². The third-order valence-electron chi connectivity index (χ3n) is 5.34. The Balaban J connectivity index is 1.70. The Hall–Kier alpha value is -2.66. The van der Waals surface area contributed by atoms with Crippen molar-refractivity contribution in [3.8, 4) is 11.1 Å². The van der Waals surface area contributed by atoms with Gasteiger partial charge in [0, 0.05) is 50.8 Å². The molecule has 0 bridgehead atoms. The van der Waals surface area contributed by atoms with Crippen molar-refractivity contribution in [1.82, 2.24) is 14.5 Å². The van der Waals surface area contributed by atoms with Gasteiger partial charge in [-0.15, -0.1) is 0 Å². The van der Waals surface area contributed by atoms with E-state index in [-0.39, 0.29) is 11.5 Å². The van der Waals surface area contributed by atoms with Crippen LogP contribution in [0.3, 0.4) is 0 Å². The Labute approximate surface area is 181 Å². The lowest BCUT2D eigenvalue weighted by Crippen LogP contribution is -2.25. The summed E-state index contributed by atoms with van der Waals surface area (Å²) in [6, 6.07) is 5.30. The first kappa shape index (κ1) is 21.6. The molecule has 10 heteroatoms. The highest BCUT2D eigenvalue weighted by Crippen LogP contribution is 2.40. The van der Waals surface area contributed by atoms with Gasteiger partial charge in [-0.05, 0) is 30.2 Å². The van der Waals surface area contributed by atoms with Crippen molar-refractivity contribution in [2.75, 3.05) is 29.9 Å². The van der Waals surface area contributed by atoms with Crippen molar-refractivity contribution >= 4 is 33.3 Å². The molecule has 0 aromatic carbocycles. The summed E-state index contributed by atoms with van der Waals surface area (Å²) >= 11 is 0. The van der Waals surface area contributed by atoms with E-state index in [2.05, 4.69) is 15.2 Å². The molecule has 0 spiro atoms. The SMILES string of the molecule is CC(=O)Nc1cc(-c2cn(C)c(=O)c3cc(CN4CCCS(O)(O)CC4)oc23)ccn1. The monoisotopic (exact) mass is 446 g/mol. The van der Waals surface area contributed by atoms with E-state index in [0.29, 0.717) is 53.6 Å². The predicted octanol–water partition coefficient (Wildman–Crippen LogP) is 3.11. The Morgan fingerprint density at radius 3 is 2.87 bits per heavy atom. The molecule has 3 N–H and O–H groups in total. The summed E-state index contributed by atoms with van der Waals surface area (Å²) in [7, 11) is -0.810. The van der Waals surface area contributed by atoms with Crippen molar-refractivity contribution < 1.29 is 18.3 Å². The fourth-order valence-corrected chi connectivity index (χ4v) is 5.17. The highest BCUT2D eigenvalue weighted by molar-refractivity contribution is 8.24. The lowest BCUT2D eigenvalue weighted by Gasteiger charge is -2.30. The van der Waals surface area contributed by atoms with E-state index in [0.717, 1.165) is 17.7 Å². The molecule has 4 rings (SSSR count). The Morgan fingerprint density at radius 2 is 2.10 bits per heavy atom. The fourth-order valence-electron chi connectivity index (χ4n) is 3.82. The van der Waals surface area contributed by atoms with Crippen molar-refractivity contribution in [1.29, 1.82) is 0 Å². The number of nitrogens with zero attached hydrogens (tertiary/aromatic N) is 3. The minimum absolute atomic E-state index is 0.157. The number of aromatic nitrogens is 2. The van der Waals surface area contributed by atoms with E-state index in [1.54, 1.807) is 37.6 Å². The maximum absolute atomic E-state index is 12.7. The summed E-state index contributed by atoms with van der Waals surface area (Å²) < 4.78 is 27.6. The van der Waals surface area contributed by atoms with Crippen LogP contribution in [0.15, 0.2) is 39.8 Å². The molecule has 9 nitrogen and oxygen atoms in total. The summed E-state index contributed by atoms with van der Waals surface area (Å²) in [5.41, 5.74) is 1.82. The van der Waals surface area contributed by atoms with Gasteiger partial charge in [-0.2, -0.15) is 10.6 Å². The van der Waals surface area contributed by atoms with E-state index < -0.39 is 10.6 Å². The summed E-state index contributed by atoms with van der Waals surface area (Å²) in [5, 5.41) is 3.14. The highest BCUT2D eigenvalue weighted by atomic mass is 32.3. The Kier molecular flexibility index (Phi) is 5.89. The van der Waals surface area contributed by atoms with Gasteiger partial charge in [0.2, 0.25) is 5.91 Å². The number of carbonyl (C=O) groups is 1. The van der Waals surface area contributed by atoms with Gasteiger partial charge in [0.05, 0.1) is 17.7 Å². The van der Waals surface area contributed by atoms with Crippen molar-refractivity contribution in [3.05, 3.63) is 46.7 Å². The lowest BCUT2D eigenvalue weighted by atomic mass is 10.1. The van der Waals surface area contributed by atoms with Gasteiger partial charge in [-0.3, -0.25) is 23.6 Å². The molecule has 3 aromatic heterocycles. The minimum Gasteiger partial charge on any atom is -0.459 e. The van der Waals surface area contributed by atoms with Crippen LogP contribution < -0.4 is 10.9 Å². The molecule has 0 radical (unpaired) electrons. The molecular formula is C21H26N4O5S. The van der Waals surface area contributed by atoms with Crippen LogP contribution in [0.1, 0.15) is 19.1 Å². The average molecular weight is 447 g/mol. The van der Waals surface area contributed by atoms with Gasteiger partial charge < -0.3 is 14.3 Å². The van der Waals surface area contributed by atoms with Crippen LogP contribution in [0.25, 0.3) is 22.1 Å². The number of fused-ring (bicyclic) bond motifs is 1. The zero-order valence-corrected chi connectivity index (χ0v) is 18.3. The number of carbonyl (C=O) groups excluding carboxylic acids is 1. The average Bonchev–Trinajstić information content (AvgIpc) is 3.04. The molecule has 4 heterocycles. The molecular weight excluding hydrogens is 420 g/mol. The summed E-state index contributed by atoms with van der Waals surface area (Å²) in [5.74, 6) is 1.62. The van der Waals surface area contributed by atoms with Crippen LogP contribution in [0, 0.1) is 0 Å². The molecule has 0 atom stereocenters. The third kappa shape index (κ3) is 4.82. The lowest BCUT2D eigenvalue weighted by molar-refractivity contribution is -0.114. The fraction of sp³-hybridized carbons (Fsp3) is 0.381. The molecule has 31 heavy (non-hydrogen) atoms. The first-order valence-electron chi connectivity index (χ1n) is 10.0. The second-order valence-electron chi connectivity index (χ2n) is 7.87. The number of rotatable bonds is 4. The van der Waals surface area contributed by atoms with E-state index >= 15 is 0 Å². The highest BCUT2D eigenvalue weighted by Gasteiger charge is 2.22. The van der Waals surface area contributed by atoms with Gasteiger partial charge in [0.1, 0.15) is 17.2 Å². The molecule has 1 fully saturated rings. The summed E-state index contributed by atoms with van der Waals surface area (Å²) in [6.07, 6.45) is 4.02. The smallest absolute Gasteiger partial charge is 0.261 e. The van der Waals surface area contributed by atoms with Crippen molar-refractivity contribution in [2.45, 2.75) is 19.9 Å². The number of anilines is 1. The van der Waals surface area contributed by atoms with E-state index in [9.17, 15) is 18.7 Å². The van der Waals surface area contributed by atoms with Crippen LogP contribution in [-0.2, 0) is 18.4 Å². The molecule has 1 aliphatic rings. The predicted molar refractivity (Wildman–Crippen MR) is 121 cm³/mol. The summed E-state index contributed by atoms with van der Waals surface area (Å²) in [6.45, 7) is 3.21. The number of aryl methyl sites for hydroxylation is 1. The molecule has 166 valence electrons. The van der Waals surface area contributed by atoms with Gasteiger partial charge in [-0.1, -0.05) is 0 Å². The van der Waals surface area contributed by atoms with E-state index in [1.807, 2.05) is 0 Å². The Morgan fingerprint density at radius 1 is 1.29 bits per heavy atom. The first-order valence-corrected chi connectivity index (χ1v) is 11.9. The number of hydrogen-bond acceptors (Lipinski definition) is 7. The van der Waals surface area contributed by atoms with Crippen molar-refractivity contribution in [3.63, 3.8) is 0 Å².